The van der Waals surface area contributed by atoms with Crippen LogP contribution < -0.4 is 10.1 Å². The number of amides is 1. The summed E-state index contributed by atoms with van der Waals surface area (Å²) < 4.78 is 8.14. The monoisotopic (exact) mass is 563 g/mol. The maximum absolute atomic E-state index is 12.8. The number of aromatic nitrogens is 2. The second-order valence-corrected chi connectivity index (χ2v) is 9.24. The van der Waals surface area contributed by atoms with Gasteiger partial charge in [0.05, 0.1) is 16.0 Å². The average molecular weight is 566 g/mol. The Morgan fingerprint density at radius 2 is 1.82 bits per heavy atom. The van der Waals surface area contributed by atoms with Crippen LogP contribution in [0.15, 0.2) is 77.4 Å². The predicted molar refractivity (Wildman–Crippen MR) is 136 cm³/mol. The first-order valence-corrected chi connectivity index (χ1v) is 11.8. The lowest BCUT2D eigenvalue weighted by Gasteiger charge is -2.10. The van der Waals surface area contributed by atoms with Gasteiger partial charge in [0.2, 0.25) is 0 Å². The van der Waals surface area contributed by atoms with E-state index in [0.29, 0.717) is 43.2 Å². The normalized spacial score (nSPS) is 10.8. The molecule has 0 aliphatic rings. The summed E-state index contributed by atoms with van der Waals surface area (Å²) in [6.45, 7) is 0.729. The van der Waals surface area contributed by atoms with Gasteiger partial charge in [-0.15, -0.1) is 0 Å². The van der Waals surface area contributed by atoms with Gasteiger partial charge in [-0.05, 0) is 63.5 Å². The molecule has 4 rings (SSSR count). The van der Waals surface area contributed by atoms with Gasteiger partial charge in [0.1, 0.15) is 12.4 Å². The molecule has 1 N–H and O–H groups in total. The molecule has 0 saturated carbocycles. The minimum Gasteiger partial charge on any atom is -0.487 e. The molecule has 5 nitrogen and oxygen atoms in total. The van der Waals surface area contributed by atoms with E-state index in [1.54, 1.807) is 47.3 Å². The van der Waals surface area contributed by atoms with Gasteiger partial charge in [-0.25, -0.2) is 0 Å². The van der Waals surface area contributed by atoms with E-state index >= 15 is 0 Å². The maximum atomic E-state index is 12.8. The van der Waals surface area contributed by atoms with Gasteiger partial charge < -0.3 is 10.1 Å². The molecule has 0 aliphatic carbocycles. The number of hydrogen-bond donors (Lipinski definition) is 1. The fourth-order valence-corrected chi connectivity index (χ4v) is 4.17. The Kier molecular flexibility index (Phi) is 7.60. The van der Waals surface area contributed by atoms with Gasteiger partial charge >= 0.3 is 0 Å². The highest BCUT2D eigenvalue weighted by atomic mass is 79.9. The average Bonchev–Trinajstić information content (AvgIpc) is 3.13. The van der Waals surface area contributed by atoms with Crippen molar-refractivity contribution in [2.75, 3.05) is 5.32 Å². The van der Waals surface area contributed by atoms with E-state index in [2.05, 4.69) is 26.3 Å². The lowest BCUT2D eigenvalue weighted by atomic mass is 10.1. The summed E-state index contributed by atoms with van der Waals surface area (Å²) >= 11 is 21.8. The molecule has 0 aliphatic heterocycles. The summed E-state index contributed by atoms with van der Waals surface area (Å²) in [6.07, 6.45) is 1.79. The van der Waals surface area contributed by atoms with Crippen LogP contribution in [0.4, 0.5) is 5.82 Å². The third kappa shape index (κ3) is 6.09. The van der Waals surface area contributed by atoms with Gasteiger partial charge in [-0.2, -0.15) is 5.10 Å². The van der Waals surface area contributed by atoms with Crippen LogP contribution in [0.25, 0.3) is 0 Å². The molecule has 4 aromatic rings. The van der Waals surface area contributed by atoms with Crippen molar-refractivity contribution in [1.82, 2.24) is 9.78 Å². The van der Waals surface area contributed by atoms with Crippen molar-refractivity contribution in [3.05, 3.63) is 109 Å². The van der Waals surface area contributed by atoms with E-state index in [1.807, 2.05) is 30.3 Å². The van der Waals surface area contributed by atoms with Gasteiger partial charge in [0, 0.05) is 21.8 Å². The molecular formula is C24H17BrCl3N3O2. The van der Waals surface area contributed by atoms with Gasteiger partial charge in [-0.1, -0.05) is 65.1 Å². The lowest BCUT2D eigenvalue weighted by Crippen LogP contribution is -2.13. The van der Waals surface area contributed by atoms with Crippen LogP contribution in [0.5, 0.6) is 5.75 Å². The Morgan fingerprint density at radius 1 is 1.00 bits per heavy atom. The number of nitrogens with zero attached hydrogens (tertiary/aromatic N) is 2. The predicted octanol–water partition coefficient (Wildman–Crippen LogP) is 7.49. The Hall–Kier alpha value is -2.51. The largest absolute Gasteiger partial charge is 0.487 e. The molecule has 0 atom stereocenters. The van der Waals surface area contributed by atoms with E-state index in [4.69, 9.17) is 39.5 Å². The highest BCUT2D eigenvalue weighted by molar-refractivity contribution is 9.10. The summed E-state index contributed by atoms with van der Waals surface area (Å²) in [5.74, 6) is 0.649. The topological polar surface area (TPSA) is 56.2 Å². The molecule has 33 heavy (non-hydrogen) atoms. The number of halogens is 4. The molecule has 0 saturated heterocycles. The number of nitrogens with one attached hydrogen (secondary N) is 1. The molecule has 0 fully saturated rings. The second-order valence-electron chi connectivity index (χ2n) is 7.13. The fraction of sp³-hybridized carbons (Fsp3) is 0.0833. The molecular weight excluding hydrogens is 549 g/mol. The van der Waals surface area contributed by atoms with Crippen molar-refractivity contribution in [2.45, 2.75) is 13.2 Å². The molecule has 168 valence electrons. The van der Waals surface area contributed by atoms with Crippen molar-refractivity contribution >= 4 is 62.5 Å². The molecule has 0 spiro atoms. The summed E-state index contributed by atoms with van der Waals surface area (Å²) in [5.41, 5.74) is 2.23. The van der Waals surface area contributed by atoms with Crippen molar-refractivity contribution in [2.24, 2.45) is 0 Å². The number of ether oxygens (including phenoxy) is 1. The number of anilines is 1. The van der Waals surface area contributed by atoms with Crippen LogP contribution in [0.1, 0.15) is 21.5 Å². The van der Waals surface area contributed by atoms with Crippen LogP contribution in [0, 0.1) is 0 Å². The van der Waals surface area contributed by atoms with E-state index in [9.17, 15) is 4.79 Å². The quantitative estimate of drug-likeness (QED) is 0.253. The van der Waals surface area contributed by atoms with Crippen molar-refractivity contribution in [3.8, 4) is 5.75 Å². The second kappa shape index (κ2) is 10.6. The van der Waals surface area contributed by atoms with Crippen molar-refractivity contribution < 1.29 is 9.53 Å². The molecule has 1 aromatic heterocycles. The van der Waals surface area contributed by atoms with Crippen LogP contribution in [-0.2, 0) is 13.2 Å². The highest BCUT2D eigenvalue weighted by Crippen LogP contribution is 2.28. The van der Waals surface area contributed by atoms with Gasteiger partial charge in [-0.3, -0.25) is 9.48 Å². The van der Waals surface area contributed by atoms with Crippen molar-refractivity contribution in [3.63, 3.8) is 0 Å². The first-order valence-electron chi connectivity index (χ1n) is 9.83. The minimum atomic E-state index is -0.287. The zero-order valence-corrected chi connectivity index (χ0v) is 20.9. The Balaban J connectivity index is 1.42. The van der Waals surface area contributed by atoms with Gasteiger partial charge in [0.25, 0.3) is 5.91 Å². The number of rotatable bonds is 7. The highest BCUT2D eigenvalue weighted by Gasteiger charge is 2.14. The first kappa shape index (κ1) is 23.6. The van der Waals surface area contributed by atoms with Crippen LogP contribution in [-0.4, -0.2) is 15.7 Å². The van der Waals surface area contributed by atoms with E-state index in [-0.39, 0.29) is 12.5 Å². The molecule has 0 bridgehead atoms. The standard InChI is InChI=1S/C24H17BrCl3N3O2/c25-19-13-31(12-17-5-1-2-7-20(17)27)30-23(19)29-24(32)16-6-3-4-15(10-16)14-33-22-9-8-18(26)11-21(22)28/h1-11,13H,12,14H2,(H,29,30,32). The SMILES string of the molecule is O=C(Nc1nn(Cc2ccccc2Cl)cc1Br)c1cccc(COc2ccc(Cl)cc2Cl)c1. The number of carbonyl (C=O) groups is 1. The van der Waals surface area contributed by atoms with Crippen LogP contribution in [0.2, 0.25) is 15.1 Å². The molecule has 0 unspecified atom stereocenters. The first-order chi connectivity index (χ1) is 15.9. The fourth-order valence-electron chi connectivity index (χ4n) is 3.10. The number of hydrogen-bond acceptors (Lipinski definition) is 3. The zero-order chi connectivity index (χ0) is 23.4. The molecule has 0 radical (unpaired) electrons. The van der Waals surface area contributed by atoms with Crippen LogP contribution >= 0.6 is 50.7 Å². The summed E-state index contributed by atoms with van der Waals surface area (Å²) in [4.78, 5) is 12.8. The lowest BCUT2D eigenvalue weighted by molar-refractivity contribution is 0.102. The van der Waals surface area contributed by atoms with Gasteiger partial charge in [0.15, 0.2) is 5.82 Å². The zero-order valence-electron chi connectivity index (χ0n) is 17.1. The Labute approximate surface area is 214 Å². The van der Waals surface area contributed by atoms with Crippen molar-refractivity contribution in [1.29, 1.82) is 0 Å². The Bertz CT molecular complexity index is 1310. The molecule has 3 aromatic carbocycles. The Morgan fingerprint density at radius 3 is 2.61 bits per heavy atom. The summed E-state index contributed by atoms with van der Waals surface area (Å²) in [6, 6.07) is 19.7. The van der Waals surface area contributed by atoms with E-state index < -0.39 is 0 Å². The van der Waals surface area contributed by atoms with E-state index in [0.717, 1.165) is 11.1 Å². The third-order valence-electron chi connectivity index (χ3n) is 4.72. The summed E-state index contributed by atoms with van der Waals surface area (Å²) in [7, 11) is 0. The minimum absolute atomic E-state index is 0.249. The molecule has 9 heteroatoms. The molecule has 1 amide bonds. The smallest absolute Gasteiger partial charge is 0.256 e. The maximum Gasteiger partial charge on any atom is 0.256 e. The summed E-state index contributed by atoms with van der Waals surface area (Å²) in [5, 5.41) is 8.91. The van der Waals surface area contributed by atoms with Crippen LogP contribution in [0.3, 0.4) is 0 Å². The molecule has 1 heterocycles. The number of benzene rings is 3. The van der Waals surface area contributed by atoms with E-state index in [1.165, 1.54) is 0 Å². The third-order valence-corrected chi connectivity index (χ3v) is 6.20. The number of carbonyl (C=O) groups excluding carboxylic acids is 1.